The summed E-state index contributed by atoms with van der Waals surface area (Å²) in [7, 11) is 5.11. The van der Waals surface area contributed by atoms with Gasteiger partial charge in [-0.3, -0.25) is 9.69 Å². The van der Waals surface area contributed by atoms with Gasteiger partial charge < -0.3 is 24.0 Å². The molecule has 48 heavy (non-hydrogen) atoms. The number of nitrogens with zero attached hydrogens (tertiary/aromatic N) is 3. The van der Waals surface area contributed by atoms with Crippen LogP contribution in [0.4, 0.5) is 5.69 Å². The number of piperazine rings is 1. The lowest BCUT2D eigenvalue weighted by atomic mass is 9.91. The molecule has 0 unspecified atom stereocenters. The number of rotatable bonds is 9. The van der Waals surface area contributed by atoms with Crippen molar-refractivity contribution in [1.82, 2.24) is 9.80 Å². The quantitative estimate of drug-likeness (QED) is 0.121. The van der Waals surface area contributed by atoms with E-state index in [-0.39, 0.29) is 11.8 Å². The van der Waals surface area contributed by atoms with Crippen LogP contribution in [0.1, 0.15) is 51.0 Å². The van der Waals surface area contributed by atoms with Crippen LogP contribution in [0.2, 0.25) is 0 Å². The van der Waals surface area contributed by atoms with Gasteiger partial charge in [0.15, 0.2) is 0 Å². The second kappa shape index (κ2) is 14.5. The van der Waals surface area contributed by atoms with E-state index in [1.165, 1.54) is 13.2 Å². The first-order chi connectivity index (χ1) is 23.2. The maximum absolute atomic E-state index is 13.7. The first kappa shape index (κ1) is 33.6. The van der Waals surface area contributed by atoms with Crippen molar-refractivity contribution in [2.24, 2.45) is 0 Å². The predicted molar refractivity (Wildman–Crippen MR) is 190 cm³/mol. The fourth-order valence-corrected chi connectivity index (χ4v) is 7.25. The van der Waals surface area contributed by atoms with Crippen LogP contribution >= 0.6 is 15.9 Å². The summed E-state index contributed by atoms with van der Waals surface area (Å²) in [6.07, 6.45) is 3.72. The summed E-state index contributed by atoms with van der Waals surface area (Å²) < 4.78 is 16.6. The van der Waals surface area contributed by atoms with Crippen LogP contribution in [-0.2, 0) is 27.3 Å². The number of methoxy groups -OCH3 is 2. The maximum atomic E-state index is 13.7. The van der Waals surface area contributed by atoms with E-state index in [0.29, 0.717) is 46.4 Å². The summed E-state index contributed by atoms with van der Waals surface area (Å²) in [5.74, 6) is -0.197. The van der Waals surface area contributed by atoms with E-state index < -0.39 is 11.9 Å². The van der Waals surface area contributed by atoms with Crippen molar-refractivity contribution in [3.63, 3.8) is 0 Å². The Morgan fingerprint density at radius 1 is 0.958 bits per heavy atom. The number of esters is 2. The van der Waals surface area contributed by atoms with Crippen LogP contribution in [0, 0.1) is 0 Å². The van der Waals surface area contributed by atoms with Gasteiger partial charge in [0, 0.05) is 73.8 Å². The van der Waals surface area contributed by atoms with Crippen LogP contribution in [-0.4, -0.2) is 87.0 Å². The lowest BCUT2D eigenvalue weighted by Crippen LogP contribution is -2.43. The van der Waals surface area contributed by atoms with Crippen LogP contribution < -0.4 is 14.4 Å². The topological polar surface area (TPSA) is 88.6 Å². The van der Waals surface area contributed by atoms with Crippen molar-refractivity contribution in [3.8, 4) is 11.5 Å². The minimum atomic E-state index is -0.500. The summed E-state index contributed by atoms with van der Waals surface area (Å²) in [5, 5.41) is 0.575. The maximum Gasteiger partial charge on any atom is 0.343 e. The van der Waals surface area contributed by atoms with E-state index in [1.54, 1.807) is 36.3 Å². The number of carbonyl (C=O) groups is 3. The van der Waals surface area contributed by atoms with Crippen molar-refractivity contribution >= 4 is 51.1 Å². The van der Waals surface area contributed by atoms with Gasteiger partial charge in [0.1, 0.15) is 11.5 Å². The molecular formula is C38H40BrN3O6. The number of fused-ring (bicyclic) bond motifs is 3. The standard InChI is InChI=1S/C38H40BrN3O6/c1-24-19-30-32(48-37(44)27-10-5-26(6-11-27)22-41-17-15-40(2)16-18-41)20-31-35(36(30)34(24)38(45)47-4)28(21-39)23-42(31)33(43)14-9-25-7-12-29(46-3)13-8-25/h5-14,20,28H,15-19,21-23H2,1-4H3/b14-9+/t28-/m1/s1. The lowest BCUT2D eigenvalue weighted by Gasteiger charge is -2.32. The summed E-state index contributed by atoms with van der Waals surface area (Å²) in [6.45, 7) is 7.23. The van der Waals surface area contributed by atoms with E-state index >= 15 is 0 Å². The molecule has 0 N–H and O–H groups in total. The van der Waals surface area contributed by atoms with Gasteiger partial charge in [0.2, 0.25) is 0 Å². The number of allylic oxidation sites excluding steroid dienone is 1. The Morgan fingerprint density at radius 3 is 2.31 bits per heavy atom. The zero-order valence-electron chi connectivity index (χ0n) is 27.8. The number of carbonyl (C=O) groups excluding carboxylic acids is 3. The normalized spacial score (nSPS) is 17.9. The largest absolute Gasteiger partial charge is 0.497 e. The molecule has 0 spiro atoms. The molecule has 6 rings (SSSR count). The molecule has 2 heterocycles. The van der Waals surface area contributed by atoms with E-state index in [4.69, 9.17) is 14.2 Å². The lowest BCUT2D eigenvalue weighted by molar-refractivity contribution is -0.133. The average molecular weight is 715 g/mol. The fourth-order valence-electron chi connectivity index (χ4n) is 6.72. The Balaban J connectivity index is 1.31. The third-order valence-electron chi connectivity index (χ3n) is 9.40. The van der Waals surface area contributed by atoms with E-state index in [2.05, 4.69) is 32.8 Å². The number of likely N-dealkylation sites (N-methyl/N-ethyl adjacent to an activating group) is 1. The number of amides is 1. The fraction of sp³-hybridized carbons (Fsp3) is 0.342. The zero-order chi connectivity index (χ0) is 33.9. The van der Waals surface area contributed by atoms with Gasteiger partial charge >= 0.3 is 11.9 Å². The summed E-state index contributed by atoms with van der Waals surface area (Å²) in [4.78, 5) is 46.9. The molecule has 1 aliphatic carbocycles. The third-order valence-corrected chi connectivity index (χ3v) is 10.2. The molecule has 1 atom stereocenters. The molecule has 9 nitrogen and oxygen atoms in total. The molecule has 10 heteroatoms. The molecule has 3 aromatic carbocycles. The van der Waals surface area contributed by atoms with Crippen LogP contribution in [0.15, 0.2) is 66.2 Å². The van der Waals surface area contributed by atoms with Gasteiger partial charge in [-0.05, 0) is 67.4 Å². The number of alkyl halides is 1. The Kier molecular flexibility index (Phi) is 10.1. The summed E-state index contributed by atoms with van der Waals surface area (Å²) >= 11 is 3.65. The van der Waals surface area contributed by atoms with E-state index in [1.807, 2.05) is 43.3 Å². The molecule has 1 amide bonds. The zero-order valence-corrected chi connectivity index (χ0v) is 29.3. The van der Waals surface area contributed by atoms with Gasteiger partial charge in [0.05, 0.1) is 31.0 Å². The van der Waals surface area contributed by atoms with E-state index in [0.717, 1.165) is 66.3 Å². The molecule has 1 saturated heterocycles. The second-order valence-corrected chi connectivity index (χ2v) is 13.2. The molecule has 250 valence electrons. The SMILES string of the molecule is COC(=O)C1=C(C)Cc2c(OC(=O)c3ccc(CN4CCN(C)CC4)cc3)cc3c(c21)[C@H](CBr)CN3C(=O)/C=C/c1ccc(OC)cc1. The summed E-state index contributed by atoms with van der Waals surface area (Å²) in [5.41, 5.74) is 6.64. The van der Waals surface area contributed by atoms with Crippen LogP contribution in [0.3, 0.4) is 0 Å². The molecule has 0 aromatic heterocycles. The first-order valence-electron chi connectivity index (χ1n) is 16.1. The number of hydrogen-bond acceptors (Lipinski definition) is 8. The number of benzene rings is 3. The van der Waals surface area contributed by atoms with E-state index in [9.17, 15) is 14.4 Å². The van der Waals surface area contributed by atoms with Crippen LogP contribution in [0.5, 0.6) is 11.5 Å². The average Bonchev–Trinajstić information content (AvgIpc) is 3.65. The second-order valence-electron chi connectivity index (χ2n) is 12.6. The Bertz CT molecular complexity index is 1780. The molecular weight excluding hydrogens is 674 g/mol. The monoisotopic (exact) mass is 713 g/mol. The minimum absolute atomic E-state index is 0.0877. The Morgan fingerprint density at radius 2 is 1.67 bits per heavy atom. The molecule has 1 fully saturated rings. The van der Waals surface area contributed by atoms with Crippen molar-refractivity contribution in [2.75, 3.05) is 64.2 Å². The molecule has 3 aromatic rings. The van der Waals surface area contributed by atoms with Gasteiger partial charge in [-0.15, -0.1) is 0 Å². The van der Waals surface area contributed by atoms with Crippen LogP contribution in [0.25, 0.3) is 11.6 Å². The predicted octanol–water partition coefficient (Wildman–Crippen LogP) is 5.70. The Hall–Kier alpha value is -4.25. The number of anilines is 1. The smallest absolute Gasteiger partial charge is 0.343 e. The highest BCUT2D eigenvalue weighted by molar-refractivity contribution is 9.09. The highest BCUT2D eigenvalue weighted by atomic mass is 79.9. The van der Waals surface area contributed by atoms with Gasteiger partial charge in [-0.1, -0.05) is 45.8 Å². The molecule has 2 aliphatic heterocycles. The van der Waals surface area contributed by atoms with Crippen molar-refractivity contribution in [3.05, 3.63) is 99.6 Å². The molecule has 0 bridgehead atoms. The minimum Gasteiger partial charge on any atom is -0.497 e. The highest BCUT2D eigenvalue weighted by Gasteiger charge is 2.41. The number of halogens is 1. The van der Waals surface area contributed by atoms with Gasteiger partial charge in [0.25, 0.3) is 5.91 Å². The summed E-state index contributed by atoms with van der Waals surface area (Å²) in [6, 6.07) is 16.7. The van der Waals surface area contributed by atoms with Crippen molar-refractivity contribution in [1.29, 1.82) is 0 Å². The first-order valence-corrected chi connectivity index (χ1v) is 17.2. The molecule has 3 aliphatic rings. The highest BCUT2D eigenvalue weighted by Crippen LogP contribution is 2.51. The van der Waals surface area contributed by atoms with Crippen molar-refractivity contribution < 1.29 is 28.6 Å². The number of hydrogen-bond donors (Lipinski definition) is 0. The van der Waals surface area contributed by atoms with Gasteiger partial charge in [-0.25, -0.2) is 9.59 Å². The number of ether oxygens (including phenoxy) is 3. The Labute approximate surface area is 289 Å². The van der Waals surface area contributed by atoms with Gasteiger partial charge in [-0.2, -0.15) is 0 Å². The molecule has 0 radical (unpaired) electrons. The van der Waals surface area contributed by atoms with Crippen molar-refractivity contribution in [2.45, 2.75) is 25.8 Å². The molecule has 0 saturated carbocycles. The third kappa shape index (κ3) is 6.83.